The van der Waals surface area contributed by atoms with Crippen molar-refractivity contribution < 1.29 is 20.4 Å². The van der Waals surface area contributed by atoms with Crippen molar-refractivity contribution in [2.24, 2.45) is 0 Å². The molecule has 0 aromatic heterocycles. The monoisotopic (exact) mass is 307 g/mol. The summed E-state index contributed by atoms with van der Waals surface area (Å²) in [5, 5.41) is 41.8. The van der Waals surface area contributed by atoms with E-state index in [4.69, 9.17) is 0 Å². The van der Waals surface area contributed by atoms with Crippen molar-refractivity contribution in [3.05, 3.63) is 47.5 Å². The first-order valence-corrected chi connectivity index (χ1v) is 7.76. The van der Waals surface area contributed by atoms with Gasteiger partial charge in [-0.05, 0) is 36.9 Å². The fourth-order valence-corrected chi connectivity index (χ4v) is 2.74. The van der Waals surface area contributed by atoms with Crippen molar-refractivity contribution in [1.82, 2.24) is 5.32 Å². The van der Waals surface area contributed by atoms with Crippen molar-refractivity contribution in [2.45, 2.75) is 43.6 Å². The minimum atomic E-state index is -1.27. The highest BCUT2D eigenvalue weighted by Crippen LogP contribution is 2.20. The second-order valence-electron chi connectivity index (χ2n) is 5.75. The number of rotatable bonds is 7. The van der Waals surface area contributed by atoms with Gasteiger partial charge in [0.15, 0.2) is 0 Å². The molecule has 5 heteroatoms. The van der Waals surface area contributed by atoms with Gasteiger partial charge in [0.2, 0.25) is 0 Å². The fraction of sp³-hybridized carbons (Fsp3) is 0.529. The van der Waals surface area contributed by atoms with Crippen LogP contribution in [0.4, 0.5) is 0 Å². The van der Waals surface area contributed by atoms with Crippen LogP contribution in [-0.2, 0) is 6.42 Å². The third kappa shape index (κ3) is 4.38. The van der Waals surface area contributed by atoms with Crippen LogP contribution in [0.25, 0.3) is 0 Å². The molecule has 1 aliphatic carbocycles. The summed E-state index contributed by atoms with van der Waals surface area (Å²) in [7, 11) is 0. The van der Waals surface area contributed by atoms with Crippen molar-refractivity contribution in [2.75, 3.05) is 13.2 Å². The maximum atomic E-state index is 9.96. The lowest BCUT2D eigenvalue weighted by Gasteiger charge is -2.34. The van der Waals surface area contributed by atoms with Crippen LogP contribution in [0.5, 0.6) is 0 Å². The molecule has 122 valence electrons. The van der Waals surface area contributed by atoms with Crippen molar-refractivity contribution in [3.8, 4) is 0 Å². The molecule has 22 heavy (non-hydrogen) atoms. The summed E-state index contributed by atoms with van der Waals surface area (Å²) in [5.41, 5.74) is 1.65. The highest BCUT2D eigenvalue weighted by Gasteiger charge is 2.36. The van der Waals surface area contributed by atoms with Gasteiger partial charge in [0.05, 0.1) is 12.6 Å². The van der Waals surface area contributed by atoms with Gasteiger partial charge in [0, 0.05) is 0 Å². The van der Waals surface area contributed by atoms with Crippen molar-refractivity contribution in [3.63, 3.8) is 0 Å². The van der Waals surface area contributed by atoms with Gasteiger partial charge in [-0.3, -0.25) is 0 Å². The van der Waals surface area contributed by atoms with Crippen molar-refractivity contribution in [1.29, 1.82) is 0 Å². The molecule has 1 aliphatic rings. The summed E-state index contributed by atoms with van der Waals surface area (Å²) in [6.45, 7) is 0.379. The summed E-state index contributed by atoms with van der Waals surface area (Å²) in [6, 6.07) is 9.82. The quantitative estimate of drug-likeness (QED) is 0.361. The zero-order chi connectivity index (χ0) is 15.9. The third-order valence-corrected chi connectivity index (χ3v) is 4.11. The molecule has 5 N–H and O–H groups in total. The van der Waals surface area contributed by atoms with E-state index in [0.717, 1.165) is 19.3 Å². The van der Waals surface area contributed by atoms with Crippen LogP contribution in [0.1, 0.15) is 18.4 Å². The Morgan fingerprint density at radius 1 is 0.955 bits per heavy atom. The molecule has 0 fully saturated rings. The summed E-state index contributed by atoms with van der Waals surface area (Å²) in [5.74, 6) is 0. The van der Waals surface area contributed by atoms with E-state index < -0.39 is 24.4 Å². The highest BCUT2D eigenvalue weighted by atomic mass is 16.4. The van der Waals surface area contributed by atoms with Crippen LogP contribution in [0, 0.1) is 0 Å². The number of benzene rings is 1. The maximum absolute atomic E-state index is 9.96. The molecule has 1 aromatic carbocycles. The van der Waals surface area contributed by atoms with Crippen LogP contribution in [0.3, 0.4) is 0 Å². The Labute approximate surface area is 130 Å². The minimum absolute atomic E-state index is 0.322. The van der Waals surface area contributed by atoms with Gasteiger partial charge in [-0.2, -0.15) is 0 Å². The number of aryl methyl sites for hydroxylation is 1. The second kappa shape index (κ2) is 8.41. The van der Waals surface area contributed by atoms with Crippen molar-refractivity contribution >= 4 is 0 Å². The van der Waals surface area contributed by atoms with Gasteiger partial charge >= 0.3 is 0 Å². The predicted molar refractivity (Wildman–Crippen MR) is 84.4 cm³/mol. The molecule has 0 amide bonds. The Kier molecular flexibility index (Phi) is 6.54. The average Bonchev–Trinajstić information content (AvgIpc) is 2.55. The summed E-state index contributed by atoms with van der Waals surface area (Å²) in [6.07, 6.45) is 1.05. The summed E-state index contributed by atoms with van der Waals surface area (Å²) < 4.78 is 0. The van der Waals surface area contributed by atoms with Gasteiger partial charge in [-0.1, -0.05) is 36.4 Å². The normalized spacial score (nSPS) is 28.5. The number of nitrogens with one attached hydrogen (secondary N) is 1. The fourth-order valence-electron chi connectivity index (χ4n) is 2.74. The molecule has 0 heterocycles. The van der Waals surface area contributed by atoms with Crippen LogP contribution in [0.2, 0.25) is 0 Å². The molecule has 0 radical (unpaired) electrons. The standard InChI is InChI=1S/C17H25NO4/c19-11-13-10-14(16(21)17(22)15(13)20)18-9-5-4-8-12-6-2-1-3-7-12/h1-3,6-7,10,14-22H,4-5,8-9,11H2. The largest absolute Gasteiger partial charge is 0.392 e. The minimum Gasteiger partial charge on any atom is -0.392 e. The van der Waals surface area contributed by atoms with E-state index in [1.807, 2.05) is 18.2 Å². The first kappa shape index (κ1) is 17.1. The van der Waals surface area contributed by atoms with Crippen LogP contribution in [-0.4, -0.2) is 57.9 Å². The molecule has 0 saturated heterocycles. The van der Waals surface area contributed by atoms with E-state index in [1.165, 1.54) is 5.56 Å². The summed E-state index contributed by atoms with van der Waals surface area (Å²) in [4.78, 5) is 0. The zero-order valence-electron chi connectivity index (χ0n) is 12.6. The van der Waals surface area contributed by atoms with E-state index in [0.29, 0.717) is 12.1 Å². The topological polar surface area (TPSA) is 93.0 Å². The molecule has 0 spiro atoms. The molecular formula is C17H25NO4. The first-order chi connectivity index (χ1) is 10.6. The number of hydrogen-bond donors (Lipinski definition) is 5. The number of unbranched alkanes of at least 4 members (excludes halogenated alkanes) is 1. The molecule has 4 unspecified atom stereocenters. The van der Waals surface area contributed by atoms with Gasteiger partial charge in [-0.25, -0.2) is 0 Å². The van der Waals surface area contributed by atoms with Gasteiger partial charge in [-0.15, -0.1) is 0 Å². The van der Waals surface area contributed by atoms with E-state index in [9.17, 15) is 20.4 Å². The van der Waals surface area contributed by atoms with Crippen LogP contribution in [0.15, 0.2) is 42.0 Å². The molecule has 1 aromatic rings. The van der Waals surface area contributed by atoms with Gasteiger partial charge < -0.3 is 25.7 Å². The molecular weight excluding hydrogens is 282 g/mol. The number of hydrogen-bond acceptors (Lipinski definition) is 5. The zero-order valence-corrected chi connectivity index (χ0v) is 12.6. The lowest BCUT2D eigenvalue weighted by molar-refractivity contribution is -0.0641. The van der Waals surface area contributed by atoms with Crippen LogP contribution >= 0.6 is 0 Å². The molecule has 4 atom stereocenters. The van der Waals surface area contributed by atoms with E-state index in [1.54, 1.807) is 6.08 Å². The number of aliphatic hydroxyl groups excluding tert-OH is 4. The average molecular weight is 307 g/mol. The summed E-state index contributed by atoms with van der Waals surface area (Å²) >= 11 is 0. The molecule has 0 saturated carbocycles. The Morgan fingerprint density at radius 3 is 2.36 bits per heavy atom. The maximum Gasteiger partial charge on any atom is 0.111 e. The Hall–Kier alpha value is -1.24. The number of aliphatic hydroxyl groups is 4. The molecule has 0 aliphatic heterocycles. The van der Waals surface area contributed by atoms with Gasteiger partial charge in [0.25, 0.3) is 0 Å². The first-order valence-electron chi connectivity index (χ1n) is 7.76. The lowest BCUT2D eigenvalue weighted by Crippen LogP contribution is -2.54. The lowest BCUT2D eigenvalue weighted by atomic mass is 9.88. The third-order valence-electron chi connectivity index (χ3n) is 4.11. The Bertz CT molecular complexity index is 477. The smallest absolute Gasteiger partial charge is 0.111 e. The van der Waals surface area contributed by atoms with E-state index in [-0.39, 0.29) is 6.61 Å². The highest BCUT2D eigenvalue weighted by molar-refractivity contribution is 5.21. The SMILES string of the molecule is OCC1=CC(NCCCCc2ccccc2)C(O)C(O)C1O. The molecule has 2 rings (SSSR count). The van der Waals surface area contributed by atoms with Gasteiger partial charge in [0.1, 0.15) is 18.3 Å². The Morgan fingerprint density at radius 2 is 1.68 bits per heavy atom. The molecule has 0 bridgehead atoms. The van der Waals surface area contributed by atoms with E-state index in [2.05, 4.69) is 17.4 Å². The Balaban J connectivity index is 1.75. The second-order valence-corrected chi connectivity index (χ2v) is 5.75. The predicted octanol–water partition coefficient (Wildman–Crippen LogP) is -0.0175. The molecule has 5 nitrogen and oxygen atoms in total. The van der Waals surface area contributed by atoms with E-state index >= 15 is 0 Å². The van der Waals surface area contributed by atoms with Crippen LogP contribution < -0.4 is 5.32 Å².